The van der Waals surface area contributed by atoms with E-state index in [1.165, 1.54) is 27.2 Å². The second-order valence-electron chi connectivity index (χ2n) is 7.76. The van der Waals surface area contributed by atoms with Crippen LogP contribution in [0.5, 0.6) is 0 Å². The first kappa shape index (κ1) is 16.5. The van der Waals surface area contributed by atoms with E-state index in [1.807, 2.05) is 48.5 Å². The summed E-state index contributed by atoms with van der Waals surface area (Å²) in [7, 11) is 0. The molecule has 2 amide bonds. The van der Waals surface area contributed by atoms with E-state index < -0.39 is 0 Å². The summed E-state index contributed by atoms with van der Waals surface area (Å²) in [5, 5.41) is 0. The fourth-order valence-electron chi connectivity index (χ4n) is 5.55. The van der Waals surface area contributed by atoms with Crippen molar-refractivity contribution in [1.29, 1.82) is 0 Å². The second kappa shape index (κ2) is 5.77. The van der Waals surface area contributed by atoms with E-state index in [0.717, 1.165) is 3.57 Å². The molecule has 4 heteroatoms. The van der Waals surface area contributed by atoms with Crippen LogP contribution in [0.25, 0.3) is 0 Å². The summed E-state index contributed by atoms with van der Waals surface area (Å²) in [6, 6.07) is 24.3. The van der Waals surface area contributed by atoms with E-state index in [2.05, 4.69) is 46.9 Å². The lowest BCUT2D eigenvalue weighted by atomic mass is 9.55. The maximum Gasteiger partial charge on any atom is 0.238 e. The molecule has 3 aromatic rings. The largest absolute Gasteiger partial charge is 0.274 e. The van der Waals surface area contributed by atoms with Crippen molar-refractivity contribution in [3.8, 4) is 0 Å². The third kappa shape index (κ3) is 1.99. The third-order valence-corrected chi connectivity index (χ3v) is 7.19. The lowest BCUT2D eigenvalue weighted by molar-refractivity contribution is -0.122. The molecule has 1 aliphatic heterocycles. The maximum absolute atomic E-state index is 13.6. The zero-order valence-electron chi connectivity index (χ0n) is 14.9. The second-order valence-corrected chi connectivity index (χ2v) is 9.00. The van der Waals surface area contributed by atoms with Crippen molar-refractivity contribution in [2.45, 2.75) is 11.8 Å². The number of amides is 2. The molecule has 2 bridgehead atoms. The molecule has 1 heterocycles. The van der Waals surface area contributed by atoms with Gasteiger partial charge in [-0.15, -0.1) is 0 Å². The highest BCUT2D eigenvalue weighted by molar-refractivity contribution is 14.1. The van der Waals surface area contributed by atoms with E-state index in [-0.39, 0.29) is 35.5 Å². The Labute approximate surface area is 176 Å². The van der Waals surface area contributed by atoms with Crippen molar-refractivity contribution in [2.75, 3.05) is 4.90 Å². The third-order valence-electron chi connectivity index (χ3n) is 6.51. The number of hydrogen-bond acceptors (Lipinski definition) is 2. The van der Waals surface area contributed by atoms with Gasteiger partial charge in [-0.25, -0.2) is 4.90 Å². The number of carbonyl (C=O) groups is 2. The van der Waals surface area contributed by atoms with Crippen LogP contribution in [0.1, 0.15) is 34.1 Å². The van der Waals surface area contributed by atoms with Crippen molar-refractivity contribution in [2.24, 2.45) is 11.8 Å². The van der Waals surface area contributed by atoms with Gasteiger partial charge in [0.2, 0.25) is 11.8 Å². The quantitative estimate of drug-likeness (QED) is 0.377. The molecule has 28 heavy (non-hydrogen) atoms. The van der Waals surface area contributed by atoms with Gasteiger partial charge in [0.05, 0.1) is 17.5 Å². The molecule has 4 aliphatic rings. The average molecular weight is 477 g/mol. The van der Waals surface area contributed by atoms with Crippen LogP contribution in [0, 0.1) is 15.4 Å². The van der Waals surface area contributed by atoms with Gasteiger partial charge in [0, 0.05) is 15.4 Å². The van der Waals surface area contributed by atoms with Crippen LogP contribution < -0.4 is 4.90 Å². The normalized spacial score (nSPS) is 26.8. The molecule has 2 unspecified atom stereocenters. The summed E-state index contributed by atoms with van der Waals surface area (Å²) in [5.41, 5.74) is 5.51. The van der Waals surface area contributed by atoms with Gasteiger partial charge in [0.15, 0.2) is 0 Å². The predicted octanol–water partition coefficient (Wildman–Crippen LogP) is 4.69. The Kier molecular flexibility index (Phi) is 3.39. The molecule has 136 valence electrons. The number of hydrogen-bond donors (Lipinski definition) is 0. The standard InChI is InChI=1S/C24H16INO2/c25-13-6-5-7-14(12-13)26-23(27)21-19-15-8-1-2-9-16(15)20(22(21)24(26)28)18-11-4-3-10-17(18)19/h1-12,19-22H. The maximum atomic E-state index is 13.6. The van der Waals surface area contributed by atoms with E-state index >= 15 is 0 Å². The minimum atomic E-state index is -0.319. The molecule has 0 spiro atoms. The van der Waals surface area contributed by atoms with E-state index in [9.17, 15) is 9.59 Å². The number of halogens is 1. The Morgan fingerprint density at radius 1 is 0.643 bits per heavy atom. The smallest absolute Gasteiger partial charge is 0.238 e. The SMILES string of the molecule is O=C1C2C3c4ccccc4C(c4ccccc43)C2C(=O)N1c1cccc(I)c1. The highest BCUT2D eigenvalue weighted by Crippen LogP contribution is 2.61. The Hall–Kier alpha value is -2.47. The van der Waals surface area contributed by atoms with Gasteiger partial charge >= 0.3 is 0 Å². The number of imide groups is 1. The van der Waals surface area contributed by atoms with Crippen LogP contribution >= 0.6 is 22.6 Å². The molecule has 7 rings (SSSR count). The first-order chi connectivity index (χ1) is 13.7. The number of benzene rings is 3. The zero-order valence-corrected chi connectivity index (χ0v) is 17.0. The molecule has 0 N–H and O–H groups in total. The Bertz CT molecular complexity index is 1060. The van der Waals surface area contributed by atoms with Crippen LogP contribution in [0.4, 0.5) is 5.69 Å². The molecular formula is C24H16INO2. The first-order valence-corrected chi connectivity index (χ1v) is 10.6. The highest BCUT2D eigenvalue weighted by Gasteiger charge is 2.61. The fourth-order valence-corrected chi connectivity index (χ4v) is 6.07. The lowest BCUT2D eigenvalue weighted by Gasteiger charge is -2.45. The van der Waals surface area contributed by atoms with Crippen molar-refractivity contribution in [3.63, 3.8) is 0 Å². The first-order valence-electron chi connectivity index (χ1n) is 9.48. The van der Waals surface area contributed by atoms with Crippen LogP contribution in [0.15, 0.2) is 72.8 Å². The molecule has 3 nitrogen and oxygen atoms in total. The number of carbonyl (C=O) groups excluding carboxylic acids is 2. The van der Waals surface area contributed by atoms with Gasteiger partial charge in [-0.2, -0.15) is 0 Å². The molecule has 0 saturated carbocycles. The van der Waals surface area contributed by atoms with Crippen molar-refractivity contribution in [1.82, 2.24) is 0 Å². The summed E-state index contributed by atoms with van der Waals surface area (Å²) >= 11 is 2.22. The van der Waals surface area contributed by atoms with Crippen molar-refractivity contribution < 1.29 is 9.59 Å². The van der Waals surface area contributed by atoms with Crippen molar-refractivity contribution in [3.05, 3.63) is 98.6 Å². The average Bonchev–Trinajstić information content (AvgIpc) is 2.99. The Balaban J connectivity index is 1.58. The van der Waals surface area contributed by atoms with Crippen molar-refractivity contribution >= 4 is 40.1 Å². The summed E-state index contributed by atoms with van der Waals surface area (Å²) in [4.78, 5) is 28.6. The monoisotopic (exact) mass is 477 g/mol. The molecule has 0 aromatic heterocycles. The summed E-state index contributed by atoms with van der Waals surface area (Å²) in [6.07, 6.45) is 0. The highest BCUT2D eigenvalue weighted by atomic mass is 127. The lowest BCUT2D eigenvalue weighted by Crippen LogP contribution is -2.41. The molecule has 3 aromatic carbocycles. The van der Waals surface area contributed by atoms with Gasteiger partial charge in [-0.05, 0) is 63.0 Å². The zero-order chi connectivity index (χ0) is 19.0. The number of rotatable bonds is 1. The summed E-state index contributed by atoms with van der Waals surface area (Å²) < 4.78 is 1.01. The van der Waals surface area contributed by atoms with Gasteiger partial charge in [-0.1, -0.05) is 54.6 Å². The Morgan fingerprint density at radius 3 is 1.54 bits per heavy atom. The van der Waals surface area contributed by atoms with Gasteiger partial charge < -0.3 is 0 Å². The number of nitrogens with zero attached hydrogens (tertiary/aromatic N) is 1. The minimum absolute atomic E-state index is 0.0494. The minimum Gasteiger partial charge on any atom is -0.274 e. The fraction of sp³-hybridized carbons (Fsp3) is 0.167. The summed E-state index contributed by atoms with van der Waals surface area (Å²) in [6.45, 7) is 0. The van der Waals surface area contributed by atoms with E-state index in [0.29, 0.717) is 5.69 Å². The van der Waals surface area contributed by atoms with Gasteiger partial charge in [-0.3, -0.25) is 9.59 Å². The van der Waals surface area contributed by atoms with Crippen LogP contribution in [0.2, 0.25) is 0 Å². The molecule has 3 aliphatic carbocycles. The van der Waals surface area contributed by atoms with Gasteiger partial charge in [0.1, 0.15) is 0 Å². The molecule has 2 atom stereocenters. The van der Waals surface area contributed by atoms with Crippen LogP contribution in [-0.2, 0) is 9.59 Å². The topological polar surface area (TPSA) is 37.4 Å². The van der Waals surface area contributed by atoms with E-state index in [1.54, 1.807) is 0 Å². The molecule has 0 radical (unpaired) electrons. The van der Waals surface area contributed by atoms with Crippen LogP contribution in [-0.4, -0.2) is 11.8 Å². The molecule has 1 fully saturated rings. The summed E-state index contributed by atoms with van der Waals surface area (Å²) in [5.74, 6) is -0.856. The Morgan fingerprint density at radius 2 is 1.11 bits per heavy atom. The predicted molar refractivity (Wildman–Crippen MR) is 115 cm³/mol. The molecular weight excluding hydrogens is 461 g/mol. The molecule has 1 saturated heterocycles. The number of anilines is 1. The van der Waals surface area contributed by atoms with Gasteiger partial charge in [0.25, 0.3) is 0 Å². The van der Waals surface area contributed by atoms with E-state index in [4.69, 9.17) is 0 Å². The van der Waals surface area contributed by atoms with Crippen LogP contribution in [0.3, 0.4) is 0 Å².